The van der Waals surface area contributed by atoms with Crippen molar-refractivity contribution in [2.75, 3.05) is 0 Å². The molecule has 0 amide bonds. The third-order valence-electron chi connectivity index (χ3n) is 1.55. The van der Waals surface area contributed by atoms with Gasteiger partial charge in [0.1, 0.15) is 3.70 Å². The highest BCUT2D eigenvalue weighted by molar-refractivity contribution is 14.1. The van der Waals surface area contributed by atoms with E-state index in [4.69, 9.17) is 5.73 Å². The van der Waals surface area contributed by atoms with Crippen LogP contribution in [0, 0.1) is 9.52 Å². The van der Waals surface area contributed by atoms with Crippen LogP contribution in [0.4, 0.5) is 13.2 Å². The fraction of sp³-hybridized carbons (Fsp3) is 0.286. The molecule has 0 spiro atoms. The Bertz CT molecular complexity index is 317. The van der Waals surface area contributed by atoms with E-state index in [0.29, 0.717) is 0 Å². The Balaban J connectivity index is 3.30. The minimum absolute atomic E-state index is 0.0578. The highest BCUT2D eigenvalue weighted by Gasteiger charge is 2.18. The second kappa shape index (κ2) is 4.23. The highest BCUT2D eigenvalue weighted by atomic mass is 127. The summed E-state index contributed by atoms with van der Waals surface area (Å²) in [5.41, 5.74) is 4.57. The van der Waals surface area contributed by atoms with Gasteiger partial charge in [-0.3, -0.25) is 0 Å². The number of aromatic nitrogens is 1. The fourth-order valence-corrected chi connectivity index (χ4v) is 1.37. The van der Waals surface area contributed by atoms with E-state index in [0.717, 1.165) is 6.20 Å². The number of hydrogen-bond donors (Lipinski definition) is 1. The minimum atomic E-state index is -2.74. The zero-order valence-corrected chi connectivity index (χ0v) is 8.56. The van der Waals surface area contributed by atoms with Gasteiger partial charge < -0.3 is 5.73 Å². The van der Waals surface area contributed by atoms with Gasteiger partial charge in [-0.2, -0.15) is 0 Å². The molecule has 0 aromatic carbocycles. The average Bonchev–Trinajstić information content (AvgIpc) is 2.09. The second-order valence-electron chi connectivity index (χ2n) is 2.30. The number of rotatable bonds is 2. The van der Waals surface area contributed by atoms with Gasteiger partial charge in [-0.15, -0.1) is 0 Å². The lowest BCUT2D eigenvalue weighted by Gasteiger charge is -2.07. The van der Waals surface area contributed by atoms with Crippen LogP contribution in [-0.4, -0.2) is 4.98 Å². The quantitative estimate of drug-likeness (QED) is 0.672. The van der Waals surface area contributed by atoms with E-state index in [2.05, 4.69) is 4.98 Å². The molecule has 2 nitrogen and oxygen atoms in total. The van der Waals surface area contributed by atoms with Crippen molar-refractivity contribution in [1.82, 2.24) is 4.98 Å². The Morgan fingerprint density at radius 3 is 2.62 bits per heavy atom. The molecule has 72 valence electrons. The maximum Gasteiger partial charge on any atom is 0.265 e. The molecule has 1 aromatic heterocycles. The fourth-order valence-electron chi connectivity index (χ4n) is 0.908. The molecule has 0 atom stereocenters. The summed E-state index contributed by atoms with van der Waals surface area (Å²) in [7, 11) is 0. The first-order valence-corrected chi connectivity index (χ1v) is 4.46. The number of hydrogen-bond acceptors (Lipinski definition) is 2. The van der Waals surface area contributed by atoms with Crippen molar-refractivity contribution >= 4 is 22.6 Å². The summed E-state index contributed by atoms with van der Waals surface area (Å²) in [4.78, 5) is 3.48. The van der Waals surface area contributed by atoms with E-state index in [1.165, 1.54) is 0 Å². The molecule has 0 saturated carbocycles. The van der Waals surface area contributed by atoms with Crippen LogP contribution >= 0.6 is 22.6 Å². The third kappa shape index (κ3) is 2.11. The summed E-state index contributed by atoms with van der Waals surface area (Å²) in [6.07, 6.45) is -1.78. The summed E-state index contributed by atoms with van der Waals surface area (Å²) in [6.45, 7) is -0.246. The van der Waals surface area contributed by atoms with Crippen molar-refractivity contribution in [3.8, 4) is 0 Å². The minimum Gasteiger partial charge on any atom is -0.326 e. The van der Waals surface area contributed by atoms with Gasteiger partial charge in [-0.1, -0.05) is 0 Å². The molecule has 0 aliphatic carbocycles. The smallest absolute Gasteiger partial charge is 0.265 e. The van der Waals surface area contributed by atoms with Crippen LogP contribution in [0.25, 0.3) is 0 Å². The van der Waals surface area contributed by atoms with Crippen molar-refractivity contribution in [3.63, 3.8) is 0 Å². The molecule has 0 unspecified atom stereocenters. The van der Waals surface area contributed by atoms with E-state index in [9.17, 15) is 13.2 Å². The summed E-state index contributed by atoms with van der Waals surface area (Å²) in [6, 6.07) is 0. The molecule has 1 aromatic rings. The maximum atomic E-state index is 13.1. The Labute approximate surface area is 86.5 Å². The molecule has 0 saturated heterocycles. The van der Waals surface area contributed by atoms with Crippen molar-refractivity contribution in [1.29, 1.82) is 0 Å². The van der Waals surface area contributed by atoms with Gasteiger partial charge in [0.15, 0.2) is 5.82 Å². The molecular weight excluding hydrogens is 296 g/mol. The number of nitrogens with zero attached hydrogens (tertiary/aromatic N) is 1. The molecule has 1 heterocycles. The zero-order valence-electron chi connectivity index (χ0n) is 6.40. The molecule has 13 heavy (non-hydrogen) atoms. The SMILES string of the molecule is NCc1c(C(F)F)cnc(I)c1F. The van der Waals surface area contributed by atoms with Gasteiger partial charge in [0, 0.05) is 23.9 Å². The van der Waals surface area contributed by atoms with Crippen molar-refractivity contribution in [3.05, 3.63) is 26.8 Å². The van der Waals surface area contributed by atoms with Gasteiger partial charge in [0.25, 0.3) is 6.43 Å². The molecular formula is C7H6F3IN2. The molecule has 0 fully saturated rings. The summed E-state index contributed by atoms with van der Waals surface area (Å²) < 4.78 is 37.7. The van der Waals surface area contributed by atoms with Crippen LogP contribution in [0.1, 0.15) is 17.6 Å². The van der Waals surface area contributed by atoms with Gasteiger partial charge in [0.05, 0.1) is 0 Å². The van der Waals surface area contributed by atoms with Crippen LogP contribution in [0.5, 0.6) is 0 Å². The molecule has 0 bridgehead atoms. The lowest BCUT2D eigenvalue weighted by Crippen LogP contribution is -2.08. The van der Waals surface area contributed by atoms with E-state index in [1.54, 1.807) is 22.6 Å². The Kier molecular flexibility index (Phi) is 3.48. The van der Waals surface area contributed by atoms with Crippen molar-refractivity contribution in [2.45, 2.75) is 13.0 Å². The number of alkyl halides is 2. The Morgan fingerprint density at radius 1 is 1.54 bits per heavy atom. The molecule has 6 heteroatoms. The molecule has 2 N–H and O–H groups in total. The largest absolute Gasteiger partial charge is 0.326 e. The average molecular weight is 302 g/mol. The lowest BCUT2D eigenvalue weighted by molar-refractivity contribution is 0.149. The third-order valence-corrected chi connectivity index (χ3v) is 2.30. The normalized spacial score (nSPS) is 10.9. The van der Waals surface area contributed by atoms with E-state index in [-0.39, 0.29) is 15.8 Å². The molecule has 1 rings (SSSR count). The molecule has 0 aliphatic heterocycles. The summed E-state index contributed by atoms with van der Waals surface area (Å²) >= 11 is 1.63. The standard InChI is InChI=1S/C7H6F3IN2/c8-5-3(1-12)4(6(9)10)2-13-7(5)11/h2,6H,1,12H2. The topological polar surface area (TPSA) is 38.9 Å². The highest BCUT2D eigenvalue weighted by Crippen LogP contribution is 2.25. The number of halogens is 4. The Hall–Kier alpha value is -0.370. The van der Waals surface area contributed by atoms with Gasteiger partial charge in [0.2, 0.25) is 0 Å². The Morgan fingerprint density at radius 2 is 2.15 bits per heavy atom. The van der Waals surface area contributed by atoms with Crippen LogP contribution in [0.3, 0.4) is 0 Å². The van der Waals surface area contributed by atoms with Crippen LogP contribution in [0.15, 0.2) is 6.20 Å². The monoisotopic (exact) mass is 302 g/mol. The zero-order chi connectivity index (χ0) is 10.0. The van der Waals surface area contributed by atoms with E-state index in [1.807, 2.05) is 0 Å². The van der Waals surface area contributed by atoms with E-state index >= 15 is 0 Å². The molecule has 0 radical (unpaired) electrons. The second-order valence-corrected chi connectivity index (χ2v) is 3.32. The summed E-state index contributed by atoms with van der Waals surface area (Å²) in [5.74, 6) is -0.749. The van der Waals surface area contributed by atoms with Crippen LogP contribution < -0.4 is 5.73 Å². The van der Waals surface area contributed by atoms with Gasteiger partial charge >= 0.3 is 0 Å². The van der Waals surface area contributed by atoms with Crippen LogP contribution in [0.2, 0.25) is 0 Å². The van der Waals surface area contributed by atoms with Gasteiger partial charge in [-0.25, -0.2) is 18.2 Å². The predicted octanol–water partition coefficient (Wildman–Crippen LogP) is 2.22. The summed E-state index contributed by atoms with van der Waals surface area (Å²) in [5, 5.41) is 0. The first-order valence-electron chi connectivity index (χ1n) is 3.39. The van der Waals surface area contributed by atoms with Crippen molar-refractivity contribution in [2.24, 2.45) is 5.73 Å². The first-order chi connectivity index (χ1) is 6.07. The lowest BCUT2D eigenvalue weighted by atomic mass is 10.1. The predicted molar refractivity (Wildman–Crippen MR) is 49.8 cm³/mol. The maximum absolute atomic E-state index is 13.1. The van der Waals surface area contributed by atoms with E-state index < -0.39 is 17.8 Å². The first kappa shape index (κ1) is 10.7. The van der Waals surface area contributed by atoms with Gasteiger partial charge in [-0.05, 0) is 22.6 Å². The number of pyridine rings is 1. The number of nitrogens with two attached hydrogens (primary N) is 1. The molecule has 0 aliphatic rings. The van der Waals surface area contributed by atoms with Crippen LogP contribution in [-0.2, 0) is 6.54 Å². The van der Waals surface area contributed by atoms with Crippen molar-refractivity contribution < 1.29 is 13.2 Å².